The van der Waals surface area contributed by atoms with Gasteiger partial charge >= 0.3 is 6.36 Å². The van der Waals surface area contributed by atoms with Gasteiger partial charge in [-0.15, -0.1) is 13.2 Å². The number of hydrogen-bond acceptors (Lipinski definition) is 3. The Kier molecular flexibility index (Phi) is 4.02. The number of aldehydes is 1. The van der Waals surface area contributed by atoms with E-state index in [0.29, 0.717) is 6.20 Å². The van der Waals surface area contributed by atoms with E-state index in [0.717, 1.165) is 0 Å². The largest absolute Gasteiger partial charge is 0.574 e. The number of halogens is 6. The van der Waals surface area contributed by atoms with Gasteiger partial charge in [0.05, 0.1) is 11.1 Å². The number of carbonyl (C=O) groups is 1. The number of aromatic nitrogens is 1. The van der Waals surface area contributed by atoms with Gasteiger partial charge in [-0.2, -0.15) is 0 Å². The van der Waals surface area contributed by atoms with Crippen LogP contribution < -0.4 is 4.74 Å². The predicted molar refractivity (Wildman–Crippen MR) is 49.0 cm³/mol. The van der Waals surface area contributed by atoms with Crippen molar-refractivity contribution in [3.63, 3.8) is 0 Å². The summed E-state index contributed by atoms with van der Waals surface area (Å²) >= 11 is 2.60. The maximum atomic E-state index is 12.4. The van der Waals surface area contributed by atoms with E-state index in [4.69, 9.17) is 0 Å². The molecule has 0 aromatic carbocycles. The number of carbonyl (C=O) groups excluding carboxylic acids is 1. The fourth-order valence-corrected chi connectivity index (χ4v) is 1.49. The molecule has 0 radical (unpaired) electrons. The third kappa shape index (κ3) is 3.35. The van der Waals surface area contributed by atoms with Crippen LogP contribution in [0.15, 0.2) is 10.7 Å². The average Bonchev–Trinajstić information content (AvgIpc) is 2.15. The Balaban J connectivity index is 3.26. The van der Waals surface area contributed by atoms with Gasteiger partial charge in [-0.1, -0.05) is 0 Å². The summed E-state index contributed by atoms with van der Waals surface area (Å²) in [5, 5.41) is 0. The van der Waals surface area contributed by atoms with E-state index in [2.05, 4.69) is 25.7 Å². The fraction of sp³-hybridized carbons (Fsp3) is 0.250. The second kappa shape index (κ2) is 4.94. The van der Waals surface area contributed by atoms with Crippen LogP contribution in [0.2, 0.25) is 0 Å². The molecule has 1 rings (SSSR count). The molecular weight excluding hydrogens is 317 g/mol. The summed E-state index contributed by atoms with van der Waals surface area (Å²) in [6.45, 7) is 0. The van der Waals surface area contributed by atoms with Crippen molar-refractivity contribution in [2.45, 2.75) is 12.8 Å². The quantitative estimate of drug-likeness (QED) is 0.632. The van der Waals surface area contributed by atoms with E-state index in [1.165, 1.54) is 0 Å². The van der Waals surface area contributed by atoms with E-state index >= 15 is 0 Å². The Morgan fingerprint density at radius 1 is 1.41 bits per heavy atom. The molecule has 17 heavy (non-hydrogen) atoms. The number of alkyl halides is 5. The lowest BCUT2D eigenvalue weighted by atomic mass is 10.2. The molecule has 1 heterocycles. The smallest absolute Gasteiger partial charge is 0.387 e. The highest BCUT2D eigenvalue weighted by Crippen LogP contribution is 2.34. The van der Waals surface area contributed by atoms with Crippen LogP contribution in [0.25, 0.3) is 0 Å². The number of hydrogen-bond donors (Lipinski definition) is 0. The molecule has 94 valence electrons. The lowest BCUT2D eigenvalue weighted by molar-refractivity contribution is -0.276. The molecule has 9 heteroatoms. The molecule has 1 aromatic heterocycles. The van der Waals surface area contributed by atoms with Crippen LogP contribution in [-0.2, 0) is 0 Å². The Morgan fingerprint density at radius 2 is 2.00 bits per heavy atom. The number of pyridine rings is 1. The minimum Gasteiger partial charge on any atom is -0.387 e. The van der Waals surface area contributed by atoms with Gasteiger partial charge in [0.2, 0.25) is 5.88 Å². The van der Waals surface area contributed by atoms with Gasteiger partial charge in [-0.05, 0) is 15.9 Å². The van der Waals surface area contributed by atoms with E-state index in [1.807, 2.05) is 0 Å². The Hall–Kier alpha value is -1.25. The monoisotopic (exact) mass is 319 g/mol. The summed E-state index contributed by atoms with van der Waals surface area (Å²) in [7, 11) is 0. The topological polar surface area (TPSA) is 39.2 Å². The molecule has 3 nitrogen and oxygen atoms in total. The molecule has 0 aliphatic carbocycles. The second-order valence-electron chi connectivity index (χ2n) is 2.71. The maximum absolute atomic E-state index is 12.4. The van der Waals surface area contributed by atoms with E-state index in [-0.39, 0.29) is 6.29 Å². The highest BCUT2D eigenvalue weighted by Gasteiger charge is 2.34. The Labute approximate surface area is 99.7 Å². The molecule has 0 amide bonds. The zero-order chi connectivity index (χ0) is 13.2. The van der Waals surface area contributed by atoms with Gasteiger partial charge < -0.3 is 4.74 Å². The lowest BCUT2D eigenvalue weighted by Crippen LogP contribution is -2.19. The molecule has 0 saturated carbocycles. The number of nitrogens with zero attached hydrogens (tertiary/aromatic N) is 1. The van der Waals surface area contributed by atoms with Crippen LogP contribution in [0.5, 0.6) is 5.88 Å². The molecule has 0 fully saturated rings. The minimum absolute atomic E-state index is 0.0516. The molecule has 0 saturated heterocycles. The van der Waals surface area contributed by atoms with Crippen LogP contribution in [0.3, 0.4) is 0 Å². The van der Waals surface area contributed by atoms with Gasteiger partial charge in [0.1, 0.15) is 0 Å². The first-order valence-electron chi connectivity index (χ1n) is 3.93. The number of ether oxygens (including phenoxy) is 1. The van der Waals surface area contributed by atoms with Crippen molar-refractivity contribution < 1.29 is 31.5 Å². The van der Waals surface area contributed by atoms with E-state index in [9.17, 15) is 26.7 Å². The minimum atomic E-state index is -5.06. The molecule has 0 atom stereocenters. The zero-order valence-electron chi connectivity index (χ0n) is 7.76. The van der Waals surface area contributed by atoms with Crippen molar-refractivity contribution in [3.05, 3.63) is 21.8 Å². The Bertz CT molecular complexity index is 435. The third-order valence-corrected chi connectivity index (χ3v) is 2.49. The average molecular weight is 320 g/mol. The molecule has 0 N–H and O–H groups in total. The Morgan fingerprint density at radius 3 is 2.41 bits per heavy atom. The molecular formula is C8H3BrF5NO2. The first kappa shape index (κ1) is 13.8. The lowest BCUT2D eigenvalue weighted by Gasteiger charge is -2.12. The summed E-state index contributed by atoms with van der Waals surface area (Å²) < 4.78 is 63.4. The normalized spacial score (nSPS) is 11.7. The summed E-state index contributed by atoms with van der Waals surface area (Å²) in [4.78, 5) is 13.6. The third-order valence-electron chi connectivity index (χ3n) is 1.61. The van der Waals surface area contributed by atoms with Crippen LogP contribution in [0.1, 0.15) is 22.3 Å². The van der Waals surface area contributed by atoms with Crippen molar-refractivity contribution in [2.24, 2.45) is 0 Å². The van der Waals surface area contributed by atoms with Gasteiger partial charge in [-0.3, -0.25) is 4.79 Å². The van der Waals surface area contributed by atoms with Gasteiger partial charge in [0, 0.05) is 10.7 Å². The summed E-state index contributed by atoms with van der Waals surface area (Å²) in [6, 6.07) is 0. The van der Waals surface area contributed by atoms with Gasteiger partial charge in [-0.25, -0.2) is 13.8 Å². The zero-order valence-corrected chi connectivity index (χ0v) is 9.35. The van der Waals surface area contributed by atoms with Crippen LogP contribution >= 0.6 is 15.9 Å². The summed E-state index contributed by atoms with van der Waals surface area (Å²) in [5.41, 5.74) is -1.42. The van der Waals surface area contributed by atoms with Gasteiger partial charge in [0.15, 0.2) is 6.29 Å². The molecule has 1 aromatic rings. The second-order valence-corrected chi connectivity index (χ2v) is 3.51. The molecule has 0 spiro atoms. The van der Waals surface area contributed by atoms with Gasteiger partial charge in [0.25, 0.3) is 6.43 Å². The molecule has 0 aliphatic rings. The standard InChI is InChI=1S/C8H3BrF5NO2/c9-5-3(6(10)11)1-15-7(4(5)2-16)17-8(12,13)14/h1-2,6H. The highest BCUT2D eigenvalue weighted by atomic mass is 79.9. The summed E-state index contributed by atoms with van der Waals surface area (Å²) in [6.07, 6.45) is -7.58. The van der Waals surface area contributed by atoms with Crippen molar-refractivity contribution in [1.29, 1.82) is 0 Å². The van der Waals surface area contributed by atoms with Crippen molar-refractivity contribution in [3.8, 4) is 5.88 Å². The van der Waals surface area contributed by atoms with E-state index in [1.54, 1.807) is 0 Å². The highest BCUT2D eigenvalue weighted by molar-refractivity contribution is 9.10. The summed E-state index contributed by atoms with van der Waals surface area (Å²) in [5.74, 6) is -1.08. The van der Waals surface area contributed by atoms with Crippen molar-refractivity contribution >= 4 is 22.2 Å². The van der Waals surface area contributed by atoms with Crippen molar-refractivity contribution in [2.75, 3.05) is 0 Å². The van der Waals surface area contributed by atoms with Crippen LogP contribution in [0, 0.1) is 0 Å². The first-order valence-corrected chi connectivity index (χ1v) is 4.73. The molecule has 0 aliphatic heterocycles. The molecule has 0 bridgehead atoms. The first-order chi connectivity index (χ1) is 7.76. The van der Waals surface area contributed by atoms with Crippen molar-refractivity contribution in [1.82, 2.24) is 4.98 Å². The SMILES string of the molecule is O=Cc1c(OC(F)(F)F)ncc(C(F)F)c1Br. The van der Waals surface area contributed by atoms with E-state index < -0.39 is 34.3 Å². The molecule has 0 unspecified atom stereocenters. The van der Waals surface area contributed by atoms with Crippen LogP contribution in [-0.4, -0.2) is 17.6 Å². The maximum Gasteiger partial charge on any atom is 0.574 e. The number of rotatable bonds is 3. The fourth-order valence-electron chi connectivity index (χ4n) is 0.949. The van der Waals surface area contributed by atoms with Crippen LogP contribution in [0.4, 0.5) is 22.0 Å². The predicted octanol–water partition coefficient (Wildman–Crippen LogP) is 3.49.